The fourth-order valence-corrected chi connectivity index (χ4v) is 0.459. The van der Waals surface area contributed by atoms with Crippen LogP contribution in [-0.2, 0) is 0 Å². The molecule has 2 nitrogen and oxygen atoms in total. The van der Waals surface area contributed by atoms with Gasteiger partial charge in [0.05, 0.1) is 0 Å². The molecule has 0 atom stereocenters. The average Bonchev–Trinajstić information content (AvgIpc) is 1.86. The molecule has 0 aliphatic heterocycles. The molecule has 36 valence electrons. The Bertz CT molecular complexity index is 123. The quantitative estimate of drug-likeness (QED) is 0.583. The molecule has 0 radical (unpaired) electrons. The van der Waals surface area contributed by atoms with E-state index < -0.39 is 0 Å². The van der Waals surface area contributed by atoms with Crippen LogP contribution in [0.4, 0.5) is 0 Å². The van der Waals surface area contributed by atoms with Crippen LogP contribution in [-0.4, -0.2) is 33.3 Å². The zero-order valence-corrected chi connectivity index (χ0v) is 6.69. The second-order valence-electron chi connectivity index (χ2n) is 0.905. The maximum absolute atomic E-state index is 3.65. The summed E-state index contributed by atoms with van der Waals surface area (Å²) in [5.74, 6) is 0. The molecule has 0 aliphatic rings. The van der Waals surface area contributed by atoms with Gasteiger partial charge in [0.15, 0.2) is 0 Å². The molecule has 1 rings (SSSR count). The summed E-state index contributed by atoms with van der Waals surface area (Å²) in [5.41, 5.74) is 0. The number of rotatable bonds is 0. The summed E-state index contributed by atoms with van der Waals surface area (Å²) in [5, 5.41) is 6.32. The van der Waals surface area contributed by atoms with E-state index in [4.69, 9.17) is 0 Å². The monoisotopic (exact) mass is 172 g/mol. The molecule has 1 N–H and O–H groups in total. The summed E-state index contributed by atoms with van der Waals surface area (Å²) in [6, 6.07) is 1.83. The third kappa shape index (κ3) is 2.31. The van der Waals surface area contributed by atoms with E-state index in [0.29, 0.717) is 0 Å². The minimum absolute atomic E-state index is 0. The van der Waals surface area contributed by atoms with Gasteiger partial charge in [-0.3, -0.25) is 5.10 Å². The molecule has 0 amide bonds. The van der Waals surface area contributed by atoms with Crippen LogP contribution >= 0.6 is 15.9 Å². The van der Waals surface area contributed by atoms with Crippen LogP contribution in [0, 0.1) is 0 Å². The van der Waals surface area contributed by atoms with E-state index in [-0.39, 0.29) is 25.9 Å². The zero-order valence-electron chi connectivity index (χ0n) is 5.69. The van der Waals surface area contributed by atoms with Gasteiger partial charge in [-0.25, -0.2) is 0 Å². The van der Waals surface area contributed by atoms with Gasteiger partial charge in [-0.2, -0.15) is 5.10 Å². The van der Waals surface area contributed by atoms with E-state index in [1.54, 1.807) is 6.20 Å². The molecule has 0 aliphatic carbocycles. The van der Waals surface area contributed by atoms with Crippen LogP contribution < -0.4 is 0 Å². The van der Waals surface area contributed by atoms with Crippen LogP contribution in [0.15, 0.2) is 16.9 Å². The van der Waals surface area contributed by atoms with Crippen molar-refractivity contribution in [2.24, 2.45) is 0 Å². The predicted octanol–water partition coefficient (Wildman–Crippen LogP) is 1.02. The first-order valence-corrected chi connectivity index (χ1v) is 2.34. The third-order valence-electron chi connectivity index (χ3n) is 0.467. The van der Waals surface area contributed by atoms with Gasteiger partial charge < -0.3 is 2.85 Å². The summed E-state index contributed by atoms with van der Waals surface area (Å²) in [6.45, 7) is 0. The maximum Gasteiger partial charge on any atom is 2.00 e. The van der Waals surface area contributed by atoms with E-state index in [1.807, 2.05) is 6.07 Å². The smallest absolute Gasteiger partial charge is 1.00 e. The second kappa shape index (κ2) is 3.46. The minimum atomic E-state index is 0. The third-order valence-corrected chi connectivity index (χ3v) is 0.908. The number of H-pyrrole nitrogens is 1. The van der Waals surface area contributed by atoms with Gasteiger partial charge in [-0.1, -0.05) is 0 Å². The first-order valence-electron chi connectivity index (χ1n) is 1.54. The summed E-state index contributed by atoms with van der Waals surface area (Å²) < 4.78 is 0.919. The molecule has 0 fully saturated rings. The Balaban J connectivity index is -0.000000120. The average molecular weight is 173 g/mol. The van der Waals surface area contributed by atoms with Crippen molar-refractivity contribution in [3.8, 4) is 0 Å². The van der Waals surface area contributed by atoms with E-state index >= 15 is 0 Å². The Kier molecular flexibility index (Phi) is 3.68. The van der Waals surface area contributed by atoms with Gasteiger partial charge in [0.2, 0.25) is 0 Å². The molecule has 0 saturated carbocycles. The number of hydrogen-bond acceptors (Lipinski definition) is 1. The molecule has 0 spiro atoms. The first-order chi connectivity index (χ1) is 2.89. The molecular formula is C3H5BrMgN2. The van der Waals surface area contributed by atoms with E-state index in [1.165, 1.54) is 0 Å². The van der Waals surface area contributed by atoms with Crippen LogP contribution in [0.2, 0.25) is 0 Å². The first kappa shape index (κ1) is 7.46. The van der Waals surface area contributed by atoms with Gasteiger partial charge >= 0.3 is 23.1 Å². The number of hydrogen-bond donors (Lipinski definition) is 1. The number of aromatic amines is 1. The normalized spacial score (nSPS) is 7.57. The second-order valence-corrected chi connectivity index (χ2v) is 1.76. The number of nitrogens with zero attached hydrogens (tertiary/aromatic N) is 1. The van der Waals surface area contributed by atoms with Crippen LogP contribution in [0.5, 0.6) is 0 Å². The fourth-order valence-electron chi connectivity index (χ4n) is 0.239. The molecule has 1 aromatic heterocycles. The molecule has 0 saturated heterocycles. The van der Waals surface area contributed by atoms with Crippen molar-refractivity contribution < 1.29 is 2.85 Å². The maximum atomic E-state index is 3.65. The standard InChI is InChI=1S/C3H3BrN2.Mg.2H/c4-3-1-2-5-6-3;;;/h1-2H,(H,5,6);;;/q;+2;2*-1. The van der Waals surface area contributed by atoms with Crippen molar-refractivity contribution in [1.29, 1.82) is 0 Å². The topological polar surface area (TPSA) is 28.7 Å². The zero-order chi connectivity index (χ0) is 4.41. The van der Waals surface area contributed by atoms with E-state index in [2.05, 4.69) is 26.1 Å². The van der Waals surface area contributed by atoms with E-state index in [0.717, 1.165) is 4.60 Å². The van der Waals surface area contributed by atoms with Crippen molar-refractivity contribution >= 4 is 39.0 Å². The fraction of sp³-hybridized carbons (Fsp3) is 0. The Morgan fingerprint density at radius 1 is 1.86 bits per heavy atom. The molecule has 0 unspecified atom stereocenters. The predicted molar refractivity (Wildman–Crippen MR) is 34.3 cm³/mol. The van der Waals surface area contributed by atoms with Gasteiger partial charge in [-0.15, -0.1) is 0 Å². The number of aromatic nitrogens is 2. The Morgan fingerprint density at radius 2 is 2.57 bits per heavy atom. The van der Waals surface area contributed by atoms with Crippen molar-refractivity contribution in [1.82, 2.24) is 10.2 Å². The summed E-state index contributed by atoms with van der Waals surface area (Å²) >= 11 is 3.16. The van der Waals surface area contributed by atoms with Crippen molar-refractivity contribution in [2.75, 3.05) is 0 Å². The molecule has 0 aromatic carbocycles. The summed E-state index contributed by atoms with van der Waals surface area (Å²) in [7, 11) is 0. The van der Waals surface area contributed by atoms with Crippen LogP contribution in [0.1, 0.15) is 2.85 Å². The Morgan fingerprint density at radius 3 is 2.71 bits per heavy atom. The van der Waals surface area contributed by atoms with Crippen LogP contribution in [0.3, 0.4) is 0 Å². The SMILES string of the molecule is Brc1ccn[nH]1.[H-].[H-].[Mg+2]. The Hall–Kier alpha value is 0.456. The minimum Gasteiger partial charge on any atom is -1.00 e. The number of halogens is 1. The Labute approximate surface area is 68.9 Å². The van der Waals surface area contributed by atoms with E-state index in [9.17, 15) is 0 Å². The largest absolute Gasteiger partial charge is 2.00 e. The van der Waals surface area contributed by atoms with Crippen molar-refractivity contribution in [2.45, 2.75) is 0 Å². The van der Waals surface area contributed by atoms with Crippen LogP contribution in [0.25, 0.3) is 0 Å². The molecule has 7 heavy (non-hydrogen) atoms. The van der Waals surface area contributed by atoms with Gasteiger partial charge in [0.25, 0.3) is 0 Å². The van der Waals surface area contributed by atoms with Gasteiger partial charge in [0.1, 0.15) is 4.60 Å². The molecule has 1 aromatic rings. The molecule has 4 heteroatoms. The molecule has 0 bridgehead atoms. The summed E-state index contributed by atoms with van der Waals surface area (Å²) in [4.78, 5) is 0. The van der Waals surface area contributed by atoms with Crippen molar-refractivity contribution in [3.05, 3.63) is 16.9 Å². The van der Waals surface area contributed by atoms with Gasteiger partial charge in [0, 0.05) is 6.20 Å². The molecular weight excluding hydrogens is 168 g/mol. The van der Waals surface area contributed by atoms with Crippen molar-refractivity contribution in [3.63, 3.8) is 0 Å². The summed E-state index contributed by atoms with van der Waals surface area (Å²) in [6.07, 6.45) is 1.68. The van der Waals surface area contributed by atoms with Gasteiger partial charge in [-0.05, 0) is 22.0 Å². The molecule has 1 heterocycles. The number of nitrogens with one attached hydrogen (secondary N) is 1.